The largest absolute Gasteiger partial charge is 0.353 e. The molecule has 1 aliphatic heterocycles. The van der Waals surface area contributed by atoms with Crippen LogP contribution in [0.5, 0.6) is 0 Å². The first kappa shape index (κ1) is 15.7. The number of nitrogens with one attached hydrogen (secondary N) is 1. The van der Waals surface area contributed by atoms with Crippen molar-refractivity contribution in [1.29, 1.82) is 0 Å². The van der Waals surface area contributed by atoms with E-state index in [1.807, 2.05) is 12.1 Å². The van der Waals surface area contributed by atoms with E-state index in [9.17, 15) is 9.59 Å². The zero-order valence-corrected chi connectivity index (χ0v) is 13.8. The maximum absolute atomic E-state index is 12.9. The van der Waals surface area contributed by atoms with E-state index in [4.69, 9.17) is 0 Å². The van der Waals surface area contributed by atoms with Crippen LogP contribution in [0.25, 0.3) is 5.69 Å². The number of hydrogen-bond acceptors (Lipinski definition) is 5. The fourth-order valence-corrected chi connectivity index (χ4v) is 3.17. The van der Waals surface area contributed by atoms with E-state index < -0.39 is 0 Å². The summed E-state index contributed by atoms with van der Waals surface area (Å²) in [5, 5.41) is 14.1. The number of tetrazole rings is 1. The topological polar surface area (TPSA) is 93.0 Å². The third-order valence-electron chi connectivity index (χ3n) is 4.71. The number of benzene rings is 1. The number of likely N-dealkylation sites (tertiary alicyclic amines) is 1. The lowest BCUT2D eigenvalue weighted by Gasteiger charge is -2.32. The Morgan fingerprint density at radius 2 is 2.08 bits per heavy atom. The molecule has 8 heteroatoms. The summed E-state index contributed by atoms with van der Waals surface area (Å²) in [5.41, 5.74) is 1.31. The molecule has 2 heterocycles. The third-order valence-corrected chi connectivity index (χ3v) is 4.71. The van der Waals surface area contributed by atoms with E-state index in [0.29, 0.717) is 24.7 Å². The van der Waals surface area contributed by atoms with Gasteiger partial charge in [-0.05, 0) is 54.3 Å². The Labute approximate surface area is 145 Å². The molecular weight excluding hydrogens is 320 g/mol. The van der Waals surface area contributed by atoms with Gasteiger partial charge in [-0.1, -0.05) is 6.07 Å². The van der Waals surface area contributed by atoms with Gasteiger partial charge in [-0.25, -0.2) is 4.68 Å². The molecule has 1 unspecified atom stereocenters. The number of piperidine rings is 1. The normalized spacial score (nSPS) is 20.3. The summed E-state index contributed by atoms with van der Waals surface area (Å²) in [5.74, 6) is -0.0812. The minimum Gasteiger partial charge on any atom is -0.353 e. The van der Waals surface area contributed by atoms with Crippen LogP contribution >= 0.6 is 0 Å². The van der Waals surface area contributed by atoms with Crippen LogP contribution in [0.1, 0.15) is 36.0 Å². The van der Waals surface area contributed by atoms with E-state index in [2.05, 4.69) is 20.8 Å². The maximum atomic E-state index is 12.9. The molecule has 25 heavy (non-hydrogen) atoms. The molecule has 0 radical (unpaired) electrons. The fourth-order valence-electron chi connectivity index (χ4n) is 3.17. The van der Waals surface area contributed by atoms with Crippen LogP contribution in [-0.2, 0) is 4.79 Å². The van der Waals surface area contributed by atoms with Gasteiger partial charge in [0.05, 0.1) is 11.6 Å². The van der Waals surface area contributed by atoms with Gasteiger partial charge < -0.3 is 10.2 Å². The van der Waals surface area contributed by atoms with Gasteiger partial charge in [-0.2, -0.15) is 0 Å². The Morgan fingerprint density at radius 1 is 1.20 bits per heavy atom. The first-order valence-corrected chi connectivity index (χ1v) is 8.64. The SMILES string of the molecule is O=C(NC1CC1)C1CCCN(C(=O)c2cccc(-n3cnnn3)c2)C1. The third kappa shape index (κ3) is 3.52. The number of rotatable bonds is 4. The Kier molecular flexibility index (Phi) is 4.17. The lowest BCUT2D eigenvalue weighted by Crippen LogP contribution is -2.45. The number of amides is 2. The van der Waals surface area contributed by atoms with E-state index in [1.54, 1.807) is 17.0 Å². The second-order valence-corrected chi connectivity index (χ2v) is 6.68. The highest BCUT2D eigenvalue weighted by Crippen LogP contribution is 2.23. The molecular formula is C17H20N6O2. The van der Waals surface area contributed by atoms with Crippen LogP contribution in [0.15, 0.2) is 30.6 Å². The summed E-state index contributed by atoms with van der Waals surface area (Å²) in [6.07, 6.45) is 5.33. The molecule has 2 amide bonds. The van der Waals surface area contributed by atoms with Gasteiger partial charge in [-0.15, -0.1) is 5.10 Å². The number of hydrogen-bond donors (Lipinski definition) is 1. The second-order valence-electron chi connectivity index (χ2n) is 6.68. The minimum absolute atomic E-state index is 0.0566. The summed E-state index contributed by atoms with van der Waals surface area (Å²) in [7, 11) is 0. The van der Waals surface area contributed by atoms with Crippen molar-refractivity contribution in [3.63, 3.8) is 0 Å². The van der Waals surface area contributed by atoms with Gasteiger partial charge in [0.2, 0.25) is 5.91 Å². The quantitative estimate of drug-likeness (QED) is 0.888. The lowest BCUT2D eigenvalue weighted by atomic mass is 9.96. The van der Waals surface area contributed by atoms with Gasteiger partial charge in [0.15, 0.2) is 0 Å². The molecule has 1 aromatic heterocycles. The van der Waals surface area contributed by atoms with Crippen molar-refractivity contribution < 1.29 is 9.59 Å². The Hall–Kier alpha value is -2.77. The highest BCUT2D eigenvalue weighted by atomic mass is 16.2. The van der Waals surface area contributed by atoms with Crippen LogP contribution in [0.2, 0.25) is 0 Å². The molecule has 4 rings (SSSR count). The van der Waals surface area contributed by atoms with Crippen molar-refractivity contribution >= 4 is 11.8 Å². The van der Waals surface area contributed by atoms with E-state index in [1.165, 1.54) is 11.0 Å². The van der Waals surface area contributed by atoms with Gasteiger partial charge in [0, 0.05) is 24.7 Å². The van der Waals surface area contributed by atoms with Crippen LogP contribution < -0.4 is 5.32 Å². The first-order valence-electron chi connectivity index (χ1n) is 8.64. The van der Waals surface area contributed by atoms with Crippen LogP contribution in [0.3, 0.4) is 0 Å². The number of carbonyl (C=O) groups is 2. The zero-order valence-electron chi connectivity index (χ0n) is 13.8. The zero-order chi connectivity index (χ0) is 17.2. The van der Waals surface area contributed by atoms with Crippen molar-refractivity contribution in [2.75, 3.05) is 13.1 Å². The molecule has 0 spiro atoms. The predicted octanol–water partition coefficient (Wildman–Crippen LogP) is 0.793. The van der Waals surface area contributed by atoms with Gasteiger partial charge in [-0.3, -0.25) is 9.59 Å². The standard InChI is InChI=1S/C17H20N6O2/c24-16(19-14-6-7-14)13-4-2-8-22(10-13)17(25)12-3-1-5-15(9-12)23-11-18-20-21-23/h1,3,5,9,11,13-14H,2,4,6-8,10H2,(H,19,24). The van der Waals surface area contributed by atoms with E-state index in [-0.39, 0.29) is 17.7 Å². The summed E-state index contributed by atoms with van der Waals surface area (Å²) in [6, 6.07) is 7.56. The van der Waals surface area contributed by atoms with Crippen molar-refractivity contribution in [2.24, 2.45) is 5.92 Å². The second kappa shape index (κ2) is 6.62. The smallest absolute Gasteiger partial charge is 0.253 e. The Balaban J connectivity index is 1.46. The van der Waals surface area contributed by atoms with Crippen molar-refractivity contribution in [3.05, 3.63) is 36.2 Å². The highest BCUT2D eigenvalue weighted by Gasteiger charge is 2.32. The molecule has 1 aromatic carbocycles. The molecule has 1 saturated carbocycles. The number of aromatic nitrogens is 4. The summed E-state index contributed by atoms with van der Waals surface area (Å²) in [6.45, 7) is 1.16. The molecule has 2 aromatic rings. The molecule has 1 atom stereocenters. The minimum atomic E-state index is -0.110. The molecule has 2 aliphatic rings. The molecule has 1 aliphatic carbocycles. The number of nitrogens with zero attached hydrogens (tertiary/aromatic N) is 5. The fraction of sp³-hybridized carbons (Fsp3) is 0.471. The van der Waals surface area contributed by atoms with Crippen molar-refractivity contribution in [1.82, 2.24) is 30.4 Å². The van der Waals surface area contributed by atoms with Crippen LogP contribution in [0.4, 0.5) is 0 Å². The van der Waals surface area contributed by atoms with E-state index in [0.717, 1.165) is 31.4 Å². The van der Waals surface area contributed by atoms with Crippen LogP contribution in [0, 0.1) is 5.92 Å². The van der Waals surface area contributed by atoms with Gasteiger partial charge >= 0.3 is 0 Å². The summed E-state index contributed by atoms with van der Waals surface area (Å²) < 4.78 is 1.51. The Morgan fingerprint density at radius 3 is 2.84 bits per heavy atom. The first-order chi connectivity index (χ1) is 12.2. The number of carbonyl (C=O) groups excluding carboxylic acids is 2. The summed E-state index contributed by atoms with van der Waals surface area (Å²) >= 11 is 0. The summed E-state index contributed by atoms with van der Waals surface area (Å²) in [4.78, 5) is 26.9. The monoisotopic (exact) mass is 340 g/mol. The van der Waals surface area contributed by atoms with Crippen molar-refractivity contribution in [2.45, 2.75) is 31.7 Å². The van der Waals surface area contributed by atoms with Gasteiger partial charge in [0.25, 0.3) is 5.91 Å². The van der Waals surface area contributed by atoms with Gasteiger partial charge in [0.1, 0.15) is 6.33 Å². The molecule has 8 nitrogen and oxygen atoms in total. The predicted molar refractivity (Wildman–Crippen MR) is 88.9 cm³/mol. The van der Waals surface area contributed by atoms with E-state index >= 15 is 0 Å². The van der Waals surface area contributed by atoms with Crippen LogP contribution in [-0.4, -0.2) is 56.1 Å². The molecule has 1 saturated heterocycles. The maximum Gasteiger partial charge on any atom is 0.253 e. The van der Waals surface area contributed by atoms with Crippen molar-refractivity contribution in [3.8, 4) is 5.69 Å². The average molecular weight is 340 g/mol. The molecule has 2 fully saturated rings. The molecule has 1 N–H and O–H groups in total. The molecule has 130 valence electrons. The average Bonchev–Trinajstić information content (AvgIpc) is 3.30. The lowest BCUT2D eigenvalue weighted by molar-refractivity contribution is -0.126. The molecule has 0 bridgehead atoms. The highest BCUT2D eigenvalue weighted by molar-refractivity contribution is 5.95. The Bertz CT molecular complexity index is 771.